The number of benzene rings is 1. The Labute approximate surface area is 158 Å². The van der Waals surface area contributed by atoms with Gasteiger partial charge >= 0.3 is 0 Å². The summed E-state index contributed by atoms with van der Waals surface area (Å²) in [6.45, 7) is 4.90. The summed E-state index contributed by atoms with van der Waals surface area (Å²) in [6.07, 6.45) is 1.65. The highest BCUT2D eigenvalue weighted by Gasteiger charge is 2.17. The minimum Gasteiger partial charge on any atom is -0.497 e. The van der Waals surface area contributed by atoms with E-state index in [1.807, 2.05) is 44.2 Å². The van der Waals surface area contributed by atoms with E-state index in [2.05, 4.69) is 9.88 Å². The Hall–Kier alpha value is -3.15. The fourth-order valence-electron chi connectivity index (χ4n) is 3.10. The molecular weight excluding hydrogens is 344 g/mol. The lowest BCUT2D eigenvalue weighted by Crippen LogP contribution is -2.23. The van der Waals surface area contributed by atoms with Crippen LogP contribution >= 0.6 is 0 Å². The van der Waals surface area contributed by atoms with E-state index in [9.17, 15) is 4.79 Å². The first-order chi connectivity index (χ1) is 13.0. The Morgan fingerprint density at radius 1 is 1.15 bits per heavy atom. The minimum absolute atomic E-state index is 0.119. The fraction of sp³-hybridized carbons (Fsp3) is 0.286. The van der Waals surface area contributed by atoms with Crippen molar-refractivity contribution in [3.63, 3.8) is 0 Å². The third-order valence-electron chi connectivity index (χ3n) is 4.65. The standard InChI is InChI=1S/C21H24N2O4/c1-14-10-19(15(2)23(14)13-18-6-5-9-27-18)21(24)22-12-16-7-8-17(25-3)11-20(16)26-4/h5-11H,12-13H2,1-4H3,(H,22,24). The van der Waals surface area contributed by atoms with E-state index in [-0.39, 0.29) is 5.91 Å². The van der Waals surface area contributed by atoms with Gasteiger partial charge in [0.2, 0.25) is 0 Å². The van der Waals surface area contributed by atoms with Gasteiger partial charge in [-0.1, -0.05) is 0 Å². The van der Waals surface area contributed by atoms with Gasteiger partial charge in [0.05, 0.1) is 32.6 Å². The van der Waals surface area contributed by atoms with Gasteiger partial charge in [-0.15, -0.1) is 0 Å². The van der Waals surface area contributed by atoms with Gasteiger partial charge in [0.15, 0.2) is 0 Å². The number of nitrogens with zero attached hydrogens (tertiary/aromatic N) is 1. The van der Waals surface area contributed by atoms with Crippen LogP contribution in [0, 0.1) is 13.8 Å². The van der Waals surface area contributed by atoms with Gasteiger partial charge in [0, 0.05) is 29.6 Å². The molecule has 0 bridgehead atoms. The first kappa shape index (κ1) is 18.6. The van der Waals surface area contributed by atoms with Crippen molar-refractivity contribution in [3.05, 3.63) is 70.9 Å². The highest BCUT2D eigenvalue weighted by atomic mass is 16.5. The number of nitrogens with one attached hydrogen (secondary N) is 1. The summed E-state index contributed by atoms with van der Waals surface area (Å²) in [5.41, 5.74) is 3.46. The zero-order chi connectivity index (χ0) is 19.4. The zero-order valence-corrected chi connectivity index (χ0v) is 16.0. The molecule has 1 N–H and O–H groups in total. The molecule has 27 heavy (non-hydrogen) atoms. The van der Waals surface area contributed by atoms with Crippen LogP contribution in [0.15, 0.2) is 47.1 Å². The van der Waals surface area contributed by atoms with Crippen LogP contribution in [0.1, 0.15) is 33.1 Å². The summed E-state index contributed by atoms with van der Waals surface area (Å²) in [5.74, 6) is 2.12. The molecule has 0 aliphatic carbocycles. The molecule has 6 heteroatoms. The maximum atomic E-state index is 12.7. The number of ether oxygens (including phenoxy) is 2. The van der Waals surface area contributed by atoms with Gasteiger partial charge in [-0.05, 0) is 44.2 Å². The lowest BCUT2D eigenvalue weighted by Gasteiger charge is -2.12. The third kappa shape index (κ3) is 4.00. The lowest BCUT2D eigenvalue weighted by atomic mass is 10.1. The molecule has 0 aliphatic heterocycles. The summed E-state index contributed by atoms with van der Waals surface area (Å²) in [7, 11) is 3.21. The topological polar surface area (TPSA) is 65.6 Å². The van der Waals surface area contributed by atoms with E-state index in [4.69, 9.17) is 13.9 Å². The van der Waals surface area contributed by atoms with Crippen molar-refractivity contribution in [2.75, 3.05) is 14.2 Å². The Balaban J connectivity index is 1.73. The summed E-state index contributed by atoms with van der Waals surface area (Å²) < 4.78 is 18.1. The van der Waals surface area contributed by atoms with E-state index in [0.717, 1.165) is 22.7 Å². The van der Waals surface area contributed by atoms with Crippen LogP contribution in [0.25, 0.3) is 0 Å². The maximum Gasteiger partial charge on any atom is 0.253 e. The molecule has 0 saturated heterocycles. The van der Waals surface area contributed by atoms with E-state index >= 15 is 0 Å². The SMILES string of the molecule is COc1ccc(CNC(=O)c2cc(C)n(Cc3ccco3)c2C)c(OC)c1. The number of carbonyl (C=O) groups is 1. The number of methoxy groups -OCH3 is 2. The van der Waals surface area contributed by atoms with Gasteiger partial charge in [-0.25, -0.2) is 0 Å². The molecule has 3 aromatic rings. The maximum absolute atomic E-state index is 12.7. The predicted molar refractivity (Wildman–Crippen MR) is 102 cm³/mol. The third-order valence-corrected chi connectivity index (χ3v) is 4.65. The number of hydrogen-bond acceptors (Lipinski definition) is 4. The highest BCUT2D eigenvalue weighted by Crippen LogP contribution is 2.24. The first-order valence-corrected chi connectivity index (χ1v) is 8.71. The van der Waals surface area contributed by atoms with Crippen LogP contribution < -0.4 is 14.8 Å². The molecule has 0 saturated carbocycles. The number of amides is 1. The van der Waals surface area contributed by atoms with Crippen LogP contribution in [0.4, 0.5) is 0 Å². The molecule has 1 amide bonds. The first-order valence-electron chi connectivity index (χ1n) is 8.71. The molecule has 3 rings (SSSR count). The van der Waals surface area contributed by atoms with Crippen molar-refractivity contribution in [1.29, 1.82) is 0 Å². The normalized spacial score (nSPS) is 10.7. The van der Waals surface area contributed by atoms with Gasteiger partial charge in [0.1, 0.15) is 17.3 Å². The quantitative estimate of drug-likeness (QED) is 0.691. The van der Waals surface area contributed by atoms with Crippen molar-refractivity contribution in [2.24, 2.45) is 0 Å². The van der Waals surface area contributed by atoms with E-state index in [0.29, 0.717) is 30.2 Å². The van der Waals surface area contributed by atoms with Gasteiger partial charge < -0.3 is 23.8 Å². The predicted octanol–water partition coefficient (Wildman–Crippen LogP) is 3.69. The molecule has 0 fully saturated rings. The summed E-state index contributed by atoms with van der Waals surface area (Å²) >= 11 is 0. The molecule has 2 heterocycles. The molecule has 6 nitrogen and oxygen atoms in total. The Morgan fingerprint density at radius 3 is 2.63 bits per heavy atom. The molecule has 2 aromatic heterocycles. The summed E-state index contributed by atoms with van der Waals surface area (Å²) in [4.78, 5) is 12.7. The van der Waals surface area contributed by atoms with E-state index < -0.39 is 0 Å². The molecule has 0 aliphatic rings. The van der Waals surface area contributed by atoms with Gasteiger partial charge in [0.25, 0.3) is 5.91 Å². The van der Waals surface area contributed by atoms with Crippen LogP contribution in [0.3, 0.4) is 0 Å². The lowest BCUT2D eigenvalue weighted by molar-refractivity contribution is 0.0950. The van der Waals surface area contributed by atoms with Crippen molar-refractivity contribution in [1.82, 2.24) is 9.88 Å². The highest BCUT2D eigenvalue weighted by molar-refractivity contribution is 5.95. The Bertz CT molecular complexity index is 926. The molecule has 0 atom stereocenters. The van der Waals surface area contributed by atoms with Gasteiger partial charge in [-0.3, -0.25) is 4.79 Å². The number of aromatic nitrogens is 1. The van der Waals surface area contributed by atoms with Crippen molar-refractivity contribution in [2.45, 2.75) is 26.9 Å². The average Bonchev–Trinajstić information content (AvgIpc) is 3.29. The minimum atomic E-state index is -0.119. The van der Waals surface area contributed by atoms with E-state index in [1.54, 1.807) is 26.5 Å². The number of hydrogen-bond donors (Lipinski definition) is 1. The molecule has 1 aromatic carbocycles. The van der Waals surface area contributed by atoms with Crippen molar-refractivity contribution >= 4 is 5.91 Å². The van der Waals surface area contributed by atoms with Gasteiger partial charge in [-0.2, -0.15) is 0 Å². The largest absolute Gasteiger partial charge is 0.497 e. The summed E-state index contributed by atoms with van der Waals surface area (Å²) in [5, 5.41) is 2.97. The fourth-order valence-corrected chi connectivity index (χ4v) is 3.10. The molecule has 0 radical (unpaired) electrons. The number of aryl methyl sites for hydroxylation is 1. The van der Waals surface area contributed by atoms with Crippen LogP contribution in [-0.4, -0.2) is 24.7 Å². The Morgan fingerprint density at radius 2 is 1.96 bits per heavy atom. The Kier molecular flexibility index (Phi) is 5.54. The van der Waals surface area contributed by atoms with Crippen LogP contribution in [-0.2, 0) is 13.1 Å². The van der Waals surface area contributed by atoms with Crippen LogP contribution in [0.2, 0.25) is 0 Å². The van der Waals surface area contributed by atoms with E-state index in [1.165, 1.54) is 0 Å². The average molecular weight is 368 g/mol. The number of rotatable bonds is 7. The smallest absolute Gasteiger partial charge is 0.253 e. The second-order valence-electron chi connectivity index (χ2n) is 6.31. The molecule has 0 spiro atoms. The van der Waals surface area contributed by atoms with Crippen molar-refractivity contribution < 1.29 is 18.7 Å². The zero-order valence-electron chi connectivity index (χ0n) is 16.0. The second kappa shape index (κ2) is 8.03. The molecule has 142 valence electrons. The molecular formula is C21H24N2O4. The molecule has 0 unspecified atom stereocenters. The number of carbonyl (C=O) groups excluding carboxylic acids is 1. The number of furan rings is 1. The van der Waals surface area contributed by atoms with Crippen LogP contribution in [0.5, 0.6) is 11.5 Å². The monoisotopic (exact) mass is 368 g/mol. The summed E-state index contributed by atoms with van der Waals surface area (Å²) in [6, 6.07) is 11.2. The van der Waals surface area contributed by atoms with Crippen molar-refractivity contribution in [3.8, 4) is 11.5 Å². The second-order valence-corrected chi connectivity index (χ2v) is 6.31.